The van der Waals surface area contributed by atoms with E-state index in [4.69, 9.17) is 14.2 Å². The molecule has 6 heteroatoms. The Morgan fingerprint density at radius 2 is 0.370 bits per heavy atom. The molecular formula is C75H146O6. The molecule has 0 radical (unpaired) electrons. The molecule has 0 spiro atoms. The highest BCUT2D eigenvalue weighted by atomic mass is 16.6. The Hall–Kier alpha value is -1.59. The quantitative estimate of drug-likeness (QED) is 0.0343. The van der Waals surface area contributed by atoms with E-state index in [0.29, 0.717) is 0 Å². The normalized spacial score (nSPS) is 13.1. The van der Waals surface area contributed by atoms with Crippen molar-refractivity contribution in [2.24, 2.45) is 17.8 Å². The van der Waals surface area contributed by atoms with Gasteiger partial charge in [0.25, 0.3) is 0 Å². The maximum Gasteiger partial charge on any atom is 0.309 e. The zero-order valence-corrected chi connectivity index (χ0v) is 56.1. The third kappa shape index (κ3) is 59.9. The molecule has 0 saturated heterocycles. The van der Waals surface area contributed by atoms with Gasteiger partial charge in [-0.3, -0.25) is 14.4 Å². The molecule has 482 valence electrons. The summed E-state index contributed by atoms with van der Waals surface area (Å²) in [5, 5.41) is 0. The third-order valence-corrected chi connectivity index (χ3v) is 18.0. The smallest absolute Gasteiger partial charge is 0.309 e. The number of rotatable bonds is 68. The van der Waals surface area contributed by atoms with Crippen LogP contribution in [0.4, 0.5) is 0 Å². The fourth-order valence-corrected chi connectivity index (χ4v) is 12.0. The fraction of sp³-hybridized carbons (Fsp3) is 0.960. The van der Waals surface area contributed by atoms with Gasteiger partial charge in [-0.1, -0.05) is 408 Å². The van der Waals surface area contributed by atoms with E-state index in [1.165, 1.54) is 327 Å². The highest BCUT2D eigenvalue weighted by molar-refractivity contribution is 5.73. The second-order valence-corrected chi connectivity index (χ2v) is 26.5. The van der Waals surface area contributed by atoms with Crippen LogP contribution in [0, 0.1) is 17.8 Å². The van der Waals surface area contributed by atoms with Crippen LogP contribution in [0.5, 0.6) is 0 Å². The van der Waals surface area contributed by atoms with Gasteiger partial charge in [-0.2, -0.15) is 0 Å². The SMILES string of the molecule is CCCCCCCCCCCCCCCCCCCCCC(C)C(=O)OCC(COC(=O)C(C)CCCCCCCCCCCCCCCCCCCCC)OC(=O)C(C)CCCCCCCCCCCCCCCCCCCCC. The van der Waals surface area contributed by atoms with Gasteiger partial charge in [-0.25, -0.2) is 0 Å². The van der Waals surface area contributed by atoms with Gasteiger partial charge in [-0.05, 0) is 19.3 Å². The van der Waals surface area contributed by atoms with Crippen molar-refractivity contribution < 1.29 is 28.6 Å². The van der Waals surface area contributed by atoms with Crippen LogP contribution < -0.4 is 0 Å². The van der Waals surface area contributed by atoms with Crippen LogP contribution in [0.25, 0.3) is 0 Å². The molecule has 0 aliphatic carbocycles. The summed E-state index contributed by atoms with van der Waals surface area (Å²) in [6.45, 7) is 12.5. The van der Waals surface area contributed by atoms with Gasteiger partial charge < -0.3 is 14.2 Å². The molecule has 6 nitrogen and oxygen atoms in total. The van der Waals surface area contributed by atoms with Gasteiger partial charge in [0, 0.05) is 0 Å². The predicted octanol–water partition coefficient (Wildman–Crippen LogP) is 25.4. The Kier molecular flexibility index (Phi) is 64.6. The molecule has 3 atom stereocenters. The summed E-state index contributed by atoms with van der Waals surface area (Å²) >= 11 is 0. The Morgan fingerprint density at radius 1 is 0.222 bits per heavy atom. The molecule has 0 N–H and O–H groups in total. The minimum Gasteiger partial charge on any atom is -0.461 e. The first kappa shape index (κ1) is 79.4. The van der Waals surface area contributed by atoms with E-state index < -0.39 is 6.10 Å². The zero-order chi connectivity index (χ0) is 59.0. The molecule has 3 unspecified atom stereocenters. The van der Waals surface area contributed by atoms with Gasteiger partial charge in [0.15, 0.2) is 6.10 Å². The summed E-state index contributed by atoms with van der Waals surface area (Å²) in [6, 6.07) is 0. The lowest BCUT2D eigenvalue weighted by atomic mass is 10.0. The Labute approximate surface area is 508 Å². The number of unbranched alkanes of at least 4 members (excludes halogenated alkanes) is 54. The van der Waals surface area contributed by atoms with E-state index in [9.17, 15) is 14.4 Å². The average Bonchev–Trinajstić information content (AvgIpc) is 3.47. The molecule has 0 aromatic rings. The minimum atomic E-state index is -0.804. The molecule has 81 heavy (non-hydrogen) atoms. The molecule has 0 aromatic carbocycles. The molecule has 0 heterocycles. The first-order valence-corrected chi connectivity index (χ1v) is 37.3. The number of ether oxygens (including phenoxy) is 3. The molecular weight excluding hydrogens is 997 g/mol. The summed E-state index contributed by atoms with van der Waals surface area (Å²) in [4.78, 5) is 39.8. The zero-order valence-electron chi connectivity index (χ0n) is 56.1. The van der Waals surface area contributed by atoms with Crippen molar-refractivity contribution >= 4 is 17.9 Å². The maximum atomic E-state index is 13.4. The van der Waals surface area contributed by atoms with E-state index in [1.54, 1.807) is 0 Å². The van der Waals surface area contributed by atoms with Crippen LogP contribution in [-0.4, -0.2) is 37.2 Å². The molecule has 0 saturated carbocycles. The van der Waals surface area contributed by atoms with Crippen LogP contribution in [0.1, 0.15) is 427 Å². The van der Waals surface area contributed by atoms with E-state index in [1.807, 2.05) is 20.8 Å². The highest BCUT2D eigenvalue weighted by Crippen LogP contribution is 2.22. The fourth-order valence-electron chi connectivity index (χ4n) is 12.0. The molecule has 0 rings (SSSR count). The topological polar surface area (TPSA) is 78.9 Å². The standard InChI is InChI=1S/C75H146O6/c1-7-10-13-16-19-22-25-28-31-34-37-40-43-46-49-52-55-58-61-64-69(4)73(76)79-67-72(81-75(78)71(6)66-63-60-57-54-51-48-45-42-39-36-33-30-27-24-21-18-15-12-9-3)68-80-74(77)70(5)65-62-59-56-53-50-47-44-41-38-35-32-29-26-23-20-17-14-11-8-2/h69-72H,7-68H2,1-6H3. The summed E-state index contributed by atoms with van der Waals surface area (Å²) in [5.74, 6) is -1.51. The van der Waals surface area contributed by atoms with Gasteiger partial charge >= 0.3 is 17.9 Å². The molecule has 0 bridgehead atoms. The van der Waals surface area contributed by atoms with Crippen LogP contribution in [0.2, 0.25) is 0 Å². The summed E-state index contributed by atoms with van der Waals surface area (Å²) in [7, 11) is 0. The largest absolute Gasteiger partial charge is 0.461 e. The highest BCUT2D eigenvalue weighted by Gasteiger charge is 2.25. The van der Waals surface area contributed by atoms with E-state index >= 15 is 0 Å². The molecule has 0 aromatic heterocycles. The lowest BCUT2D eigenvalue weighted by molar-refractivity contribution is -0.171. The Balaban J connectivity index is 4.54. The maximum absolute atomic E-state index is 13.4. The average molecular weight is 1140 g/mol. The number of esters is 3. The van der Waals surface area contributed by atoms with Crippen molar-refractivity contribution in [1.82, 2.24) is 0 Å². The minimum absolute atomic E-state index is 0.0823. The summed E-state index contributed by atoms with van der Waals surface area (Å²) < 4.78 is 17.6. The number of hydrogen-bond donors (Lipinski definition) is 0. The first-order chi connectivity index (χ1) is 39.8. The third-order valence-electron chi connectivity index (χ3n) is 18.0. The monoisotopic (exact) mass is 1140 g/mol. The van der Waals surface area contributed by atoms with Crippen LogP contribution in [0.3, 0.4) is 0 Å². The van der Waals surface area contributed by atoms with E-state index in [0.717, 1.165) is 57.8 Å². The van der Waals surface area contributed by atoms with Gasteiger partial charge in [0.2, 0.25) is 0 Å². The predicted molar refractivity (Wildman–Crippen MR) is 353 cm³/mol. The van der Waals surface area contributed by atoms with E-state index in [2.05, 4.69) is 20.8 Å². The van der Waals surface area contributed by atoms with Gasteiger partial charge in [0.05, 0.1) is 17.8 Å². The van der Waals surface area contributed by atoms with Crippen molar-refractivity contribution in [1.29, 1.82) is 0 Å². The summed E-state index contributed by atoms with van der Waals surface area (Å²) in [5.41, 5.74) is 0. The number of carbonyl (C=O) groups is 3. The molecule has 0 fully saturated rings. The second kappa shape index (κ2) is 65.9. The van der Waals surface area contributed by atoms with Crippen molar-refractivity contribution in [3.8, 4) is 0 Å². The molecule has 0 amide bonds. The molecule has 0 aliphatic heterocycles. The van der Waals surface area contributed by atoms with Crippen LogP contribution >= 0.6 is 0 Å². The van der Waals surface area contributed by atoms with E-state index in [-0.39, 0.29) is 48.9 Å². The summed E-state index contributed by atoms with van der Waals surface area (Å²) in [6.07, 6.45) is 78.4. The Bertz CT molecular complexity index is 1200. The van der Waals surface area contributed by atoms with Gasteiger partial charge in [0.1, 0.15) is 13.2 Å². The lowest BCUT2D eigenvalue weighted by Crippen LogP contribution is -2.34. The second-order valence-electron chi connectivity index (χ2n) is 26.5. The van der Waals surface area contributed by atoms with Crippen molar-refractivity contribution in [3.05, 3.63) is 0 Å². The first-order valence-electron chi connectivity index (χ1n) is 37.3. The van der Waals surface area contributed by atoms with Crippen molar-refractivity contribution in [2.75, 3.05) is 13.2 Å². The van der Waals surface area contributed by atoms with Gasteiger partial charge in [-0.15, -0.1) is 0 Å². The van der Waals surface area contributed by atoms with Crippen LogP contribution in [0.15, 0.2) is 0 Å². The number of hydrogen-bond acceptors (Lipinski definition) is 6. The Morgan fingerprint density at radius 3 is 0.543 bits per heavy atom. The van der Waals surface area contributed by atoms with Crippen molar-refractivity contribution in [3.63, 3.8) is 0 Å². The van der Waals surface area contributed by atoms with Crippen molar-refractivity contribution in [2.45, 2.75) is 433 Å². The lowest BCUT2D eigenvalue weighted by Gasteiger charge is -2.22. The van der Waals surface area contributed by atoms with Crippen LogP contribution in [-0.2, 0) is 28.6 Å². The molecule has 0 aliphatic rings. The number of carbonyl (C=O) groups excluding carboxylic acids is 3.